The van der Waals surface area contributed by atoms with E-state index in [0.29, 0.717) is 5.02 Å². The van der Waals surface area contributed by atoms with Crippen molar-refractivity contribution in [1.29, 1.82) is 0 Å². The summed E-state index contributed by atoms with van der Waals surface area (Å²) in [6.07, 6.45) is 0. The highest BCUT2D eigenvalue weighted by molar-refractivity contribution is 6.32. The molecule has 84 valence electrons. The van der Waals surface area contributed by atoms with Gasteiger partial charge < -0.3 is 10.1 Å². The second-order valence-corrected chi connectivity index (χ2v) is 4.94. The van der Waals surface area contributed by atoms with Gasteiger partial charge in [0, 0.05) is 17.6 Å². The van der Waals surface area contributed by atoms with E-state index in [4.69, 9.17) is 16.3 Å². The number of rotatable bonds is 3. The van der Waals surface area contributed by atoms with Crippen molar-refractivity contribution < 1.29 is 4.74 Å². The molecule has 0 aliphatic carbocycles. The molecule has 0 bridgehead atoms. The minimum absolute atomic E-state index is 0.0906. The molecule has 0 aromatic heterocycles. The Labute approximate surface area is 96.6 Å². The smallest absolute Gasteiger partial charge is 0.141 e. The first-order valence-electron chi connectivity index (χ1n) is 5.00. The van der Waals surface area contributed by atoms with Crippen molar-refractivity contribution in [1.82, 2.24) is 5.32 Å². The SMILES string of the molecule is COc1c(Cl)cccc1CNC(C)(C)C. The van der Waals surface area contributed by atoms with Crippen molar-refractivity contribution in [3.63, 3.8) is 0 Å². The van der Waals surface area contributed by atoms with Crippen molar-refractivity contribution in [2.24, 2.45) is 0 Å². The summed E-state index contributed by atoms with van der Waals surface area (Å²) in [6, 6.07) is 5.79. The van der Waals surface area contributed by atoms with Crippen molar-refractivity contribution in [3.8, 4) is 5.75 Å². The molecule has 1 N–H and O–H groups in total. The van der Waals surface area contributed by atoms with E-state index in [1.165, 1.54) is 0 Å². The highest BCUT2D eigenvalue weighted by Gasteiger charge is 2.12. The maximum Gasteiger partial charge on any atom is 0.141 e. The summed E-state index contributed by atoms with van der Waals surface area (Å²) in [5, 5.41) is 4.06. The monoisotopic (exact) mass is 227 g/mol. The van der Waals surface area contributed by atoms with Gasteiger partial charge in [0.25, 0.3) is 0 Å². The van der Waals surface area contributed by atoms with Crippen LogP contribution in [0.1, 0.15) is 26.3 Å². The zero-order chi connectivity index (χ0) is 11.5. The standard InChI is InChI=1S/C12H18ClNO/c1-12(2,3)14-8-9-6-5-7-10(13)11(9)15-4/h5-7,14H,8H2,1-4H3. The summed E-state index contributed by atoms with van der Waals surface area (Å²) < 4.78 is 5.27. The third-order valence-electron chi connectivity index (χ3n) is 2.06. The molecule has 1 aromatic rings. The third-order valence-corrected chi connectivity index (χ3v) is 2.36. The van der Waals surface area contributed by atoms with Gasteiger partial charge in [0.1, 0.15) is 5.75 Å². The molecule has 1 aromatic carbocycles. The molecule has 0 amide bonds. The van der Waals surface area contributed by atoms with E-state index in [2.05, 4.69) is 26.1 Å². The van der Waals surface area contributed by atoms with Crippen molar-refractivity contribution >= 4 is 11.6 Å². The lowest BCUT2D eigenvalue weighted by Crippen LogP contribution is -2.35. The van der Waals surface area contributed by atoms with E-state index >= 15 is 0 Å². The van der Waals surface area contributed by atoms with Gasteiger partial charge in [-0.3, -0.25) is 0 Å². The molecule has 3 heteroatoms. The highest BCUT2D eigenvalue weighted by atomic mass is 35.5. The van der Waals surface area contributed by atoms with Gasteiger partial charge in [-0.05, 0) is 26.8 Å². The van der Waals surface area contributed by atoms with Crippen LogP contribution >= 0.6 is 11.6 Å². The summed E-state index contributed by atoms with van der Waals surface area (Å²) in [6.45, 7) is 7.14. The summed E-state index contributed by atoms with van der Waals surface area (Å²) in [5.41, 5.74) is 1.17. The molecular weight excluding hydrogens is 210 g/mol. The molecule has 0 fully saturated rings. The lowest BCUT2D eigenvalue weighted by Gasteiger charge is -2.21. The Kier molecular flexibility index (Phi) is 4.00. The number of benzene rings is 1. The zero-order valence-corrected chi connectivity index (χ0v) is 10.5. The summed E-state index contributed by atoms with van der Waals surface area (Å²) >= 11 is 6.03. The Morgan fingerprint density at radius 1 is 1.33 bits per heavy atom. The molecule has 0 aliphatic rings. The van der Waals surface area contributed by atoms with E-state index in [1.807, 2.05) is 18.2 Å². The molecule has 0 unspecified atom stereocenters. The number of para-hydroxylation sites is 1. The van der Waals surface area contributed by atoms with Gasteiger partial charge in [-0.2, -0.15) is 0 Å². The van der Waals surface area contributed by atoms with Gasteiger partial charge in [0.05, 0.1) is 12.1 Å². The first-order chi connectivity index (χ1) is 6.94. The van der Waals surface area contributed by atoms with Gasteiger partial charge in [0.2, 0.25) is 0 Å². The van der Waals surface area contributed by atoms with E-state index in [-0.39, 0.29) is 5.54 Å². The number of ether oxygens (including phenoxy) is 1. The molecule has 0 saturated carbocycles. The molecule has 0 heterocycles. The highest BCUT2D eigenvalue weighted by Crippen LogP contribution is 2.28. The maximum absolute atomic E-state index is 6.03. The van der Waals surface area contributed by atoms with E-state index in [0.717, 1.165) is 17.9 Å². The largest absolute Gasteiger partial charge is 0.495 e. The second-order valence-electron chi connectivity index (χ2n) is 4.54. The maximum atomic E-state index is 6.03. The average molecular weight is 228 g/mol. The number of halogens is 1. The fourth-order valence-corrected chi connectivity index (χ4v) is 1.55. The predicted octanol–water partition coefficient (Wildman–Crippen LogP) is 3.24. The number of hydrogen-bond acceptors (Lipinski definition) is 2. The van der Waals surface area contributed by atoms with E-state index in [1.54, 1.807) is 7.11 Å². The van der Waals surface area contributed by atoms with Crippen LogP contribution in [0.25, 0.3) is 0 Å². The van der Waals surface area contributed by atoms with Crippen molar-refractivity contribution in [2.45, 2.75) is 32.9 Å². The summed E-state index contributed by atoms with van der Waals surface area (Å²) in [4.78, 5) is 0. The minimum atomic E-state index is 0.0906. The first kappa shape index (κ1) is 12.3. The number of nitrogens with one attached hydrogen (secondary N) is 1. The predicted molar refractivity (Wildman–Crippen MR) is 64.6 cm³/mol. The van der Waals surface area contributed by atoms with Crippen LogP contribution < -0.4 is 10.1 Å². The van der Waals surface area contributed by atoms with Crippen LogP contribution in [0.3, 0.4) is 0 Å². The third kappa shape index (κ3) is 3.73. The fourth-order valence-electron chi connectivity index (χ4n) is 1.28. The van der Waals surface area contributed by atoms with Gasteiger partial charge >= 0.3 is 0 Å². The molecule has 0 atom stereocenters. The minimum Gasteiger partial charge on any atom is -0.495 e. The van der Waals surface area contributed by atoms with Crippen LogP contribution in [0.5, 0.6) is 5.75 Å². The zero-order valence-electron chi connectivity index (χ0n) is 9.73. The Bertz CT molecular complexity index is 331. The lowest BCUT2D eigenvalue weighted by molar-refractivity contribution is 0.392. The van der Waals surface area contributed by atoms with Crippen LogP contribution in [-0.4, -0.2) is 12.6 Å². The Hall–Kier alpha value is -0.730. The van der Waals surface area contributed by atoms with Crippen LogP contribution in [-0.2, 0) is 6.54 Å². The molecule has 0 spiro atoms. The van der Waals surface area contributed by atoms with Gasteiger partial charge in [-0.25, -0.2) is 0 Å². The van der Waals surface area contributed by atoms with Crippen LogP contribution in [0.4, 0.5) is 0 Å². The molecular formula is C12H18ClNO. The Morgan fingerprint density at radius 3 is 2.53 bits per heavy atom. The number of methoxy groups -OCH3 is 1. The van der Waals surface area contributed by atoms with Crippen LogP contribution in [0.15, 0.2) is 18.2 Å². The Balaban J connectivity index is 2.81. The lowest BCUT2D eigenvalue weighted by atomic mass is 10.1. The summed E-state index contributed by atoms with van der Waals surface area (Å²) in [5.74, 6) is 0.760. The van der Waals surface area contributed by atoms with E-state index in [9.17, 15) is 0 Å². The van der Waals surface area contributed by atoms with Crippen LogP contribution in [0, 0.1) is 0 Å². The number of hydrogen-bond donors (Lipinski definition) is 1. The molecule has 2 nitrogen and oxygen atoms in total. The fraction of sp³-hybridized carbons (Fsp3) is 0.500. The normalized spacial score (nSPS) is 11.5. The van der Waals surface area contributed by atoms with Gasteiger partial charge in [-0.1, -0.05) is 23.7 Å². The first-order valence-corrected chi connectivity index (χ1v) is 5.38. The molecule has 0 radical (unpaired) electrons. The van der Waals surface area contributed by atoms with Crippen molar-refractivity contribution in [3.05, 3.63) is 28.8 Å². The summed E-state index contributed by atoms with van der Waals surface area (Å²) in [7, 11) is 1.64. The Morgan fingerprint density at radius 2 is 2.00 bits per heavy atom. The van der Waals surface area contributed by atoms with Crippen LogP contribution in [0.2, 0.25) is 5.02 Å². The van der Waals surface area contributed by atoms with Crippen molar-refractivity contribution in [2.75, 3.05) is 7.11 Å². The topological polar surface area (TPSA) is 21.3 Å². The molecule has 15 heavy (non-hydrogen) atoms. The van der Waals surface area contributed by atoms with Gasteiger partial charge in [-0.15, -0.1) is 0 Å². The molecule has 1 rings (SSSR count). The molecule has 0 aliphatic heterocycles. The average Bonchev–Trinajstić information content (AvgIpc) is 2.13. The second kappa shape index (κ2) is 4.86. The molecule has 0 saturated heterocycles. The van der Waals surface area contributed by atoms with E-state index < -0.39 is 0 Å². The van der Waals surface area contributed by atoms with Gasteiger partial charge in [0.15, 0.2) is 0 Å². The quantitative estimate of drug-likeness (QED) is 0.856.